The van der Waals surface area contributed by atoms with Gasteiger partial charge in [-0.3, -0.25) is 19.7 Å². The van der Waals surface area contributed by atoms with Crippen molar-refractivity contribution >= 4 is 23.6 Å². The van der Waals surface area contributed by atoms with E-state index in [4.69, 9.17) is 0 Å². The first kappa shape index (κ1) is 14.0. The van der Waals surface area contributed by atoms with Gasteiger partial charge < -0.3 is 10.6 Å². The monoisotopic (exact) mass is 277 g/mol. The summed E-state index contributed by atoms with van der Waals surface area (Å²) in [6, 6.07) is 3.73. The Morgan fingerprint density at radius 1 is 1.50 bits per heavy atom. The van der Waals surface area contributed by atoms with E-state index >= 15 is 0 Å². The smallest absolute Gasteiger partial charge is 0.293 e. The van der Waals surface area contributed by atoms with Crippen LogP contribution >= 0.6 is 0 Å². The molecule has 1 saturated carbocycles. The Bertz CT molecular complexity index is 555. The Balaban J connectivity index is 2.12. The van der Waals surface area contributed by atoms with Crippen molar-refractivity contribution in [3.05, 3.63) is 33.9 Å². The highest BCUT2D eigenvalue weighted by molar-refractivity contribution is 5.86. The second-order valence-electron chi connectivity index (χ2n) is 4.80. The molecular formula is C13H15N3O4. The van der Waals surface area contributed by atoms with E-state index in [1.165, 1.54) is 18.2 Å². The van der Waals surface area contributed by atoms with Gasteiger partial charge in [-0.15, -0.1) is 0 Å². The molecule has 0 heterocycles. The van der Waals surface area contributed by atoms with Crippen molar-refractivity contribution in [1.82, 2.24) is 5.32 Å². The number of carbonyl (C=O) groups excluding carboxylic acids is 2. The fourth-order valence-corrected chi connectivity index (χ4v) is 1.75. The van der Waals surface area contributed by atoms with Crippen LogP contribution in [0.5, 0.6) is 0 Å². The highest BCUT2D eigenvalue weighted by atomic mass is 16.6. The van der Waals surface area contributed by atoms with Crippen molar-refractivity contribution in [3.63, 3.8) is 0 Å². The van der Waals surface area contributed by atoms with Crippen LogP contribution in [0.1, 0.15) is 30.1 Å². The van der Waals surface area contributed by atoms with Gasteiger partial charge in [0.05, 0.1) is 4.92 Å². The number of nitrogens with zero attached hydrogens (tertiary/aromatic N) is 1. The number of hydrogen-bond acceptors (Lipinski definition) is 5. The number of hydrogen-bond donors (Lipinski definition) is 2. The van der Waals surface area contributed by atoms with E-state index in [2.05, 4.69) is 10.6 Å². The summed E-state index contributed by atoms with van der Waals surface area (Å²) >= 11 is 0. The lowest BCUT2D eigenvalue weighted by Crippen LogP contribution is -2.38. The second kappa shape index (κ2) is 5.68. The molecule has 1 aromatic carbocycles. The Labute approximate surface area is 115 Å². The fourth-order valence-electron chi connectivity index (χ4n) is 1.75. The van der Waals surface area contributed by atoms with Gasteiger partial charge in [-0.1, -0.05) is 0 Å². The largest absolute Gasteiger partial charge is 0.368 e. The number of rotatable bonds is 6. The Hall–Kier alpha value is -2.44. The molecule has 1 aliphatic rings. The first-order chi connectivity index (χ1) is 9.51. The molecule has 0 aromatic heterocycles. The molecule has 2 rings (SSSR count). The first-order valence-electron chi connectivity index (χ1n) is 6.32. The lowest BCUT2D eigenvalue weighted by molar-refractivity contribution is -0.384. The SMILES string of the molecule is CC(Nc1ccc(C=O)cc1[N+](=O)[O-])C(=O)NC1CC1. The minimum absolute atomic E-state index is 0.193. The molecule has 0 aliphatic heterocycles. The van der Waals surface area contributed by atoms with Crippen LogP contribution in [0.15, 0.2) is 18.2 Å². The maximum Gasteiger partial charge on any atom is 0.293 e. The van der Waals surface area contributed by atoms with Crippen LogP contribution in [0, 0.1) is 10.1 Å². The summed E-state index contributed by atoms with van der Waals surface area (Å²) < 4.78 is 0. The topological polar surface area (TPSA) is 101 Å². The average Bonchev–Trinajstić information content (AvgIpc) is 3.22. The second-order valence-corrected chi connectivity index (χ2v) is 4.80. The van der Waals surface area contributed by atoms with E-state index in [-0.39, 0.29) is 28.9 Å². The minimum Gasteiger partial charge on any atom is -0.368 e. The standard InChI is InChI=1S/C13H15N3O4/c1-8(13(18)15-10-3-4-10)14-11-5-2-9(7-17)6-12(11)16(19)20/h2,5-8,10,14H,3-4H2,1H3,(H,15,18). The van der Waals surface area contributed by atoms with Crippen LogP contribution in [-0.4, -0.2) is 29.2 Å². The van der Waals surface area contributed by atoms with Gasteiger partial charge in [0.15, 0.2) is 0 Å². The Morgan fingerprint density at radius 3 is 2.75 bits per heavy atom. The van der Waals surface area contributed by atoms with E-state index < -0.39 is 11.0 Å². The van der Waals surface area contributed by atoms with Crippen molar-refractivity contribution in [3.8, 4) is 0 Å². The van der Waals surface area contributed by atoms with Crippen LogP contribution in [0.2, 0.25) is 0 Å². The van der Waals surface area contributed by atoms with Crippen molar-refractivity contribution in [2.24, 2.45) is 0 Å². The number of aldehydes is 1. The van der Waals surface area contributed by atoms with Gasteiger partial charge in [-0.2, -0.15) is 0 Å². The van der Waals surface area contributed by atoms with Crippen LogP contribution in [0.25, 0.3) is 0 Å². The minimum atomic E-state index is -0.587. The molecule has 7 nitrogen and oxygen atoms in total. The van der Waals surface area contributed by atoms with Gasteiger partial charge >= 0.3 is 0 Å². The third-order valence-electron chi connectivity index (χ3n) is 3.04. The molecule has 2 N–H and O–H groups in total. The highest BCUT2D eigenvalue weighted by Gasteiger charge is 2.26. The maximum atomic E-state index is 11.8. The van der Waals surface area contributed by atoms with Crippen LogP contribution in [0.3, 0.4) is 0 Å². The predicted octanol–water partition coefficient (Wildman–Crippen LogP) is 1.49. The molecular weight excluding hydrogens is 262 g/mol. The van der Waals surface area contributed by atoms with Gasteiger partial charge in [0, 0.05) is 17.7 Å². The van der Waals surface area contributed by atoms with E-state index in [9.17, 15) is 19.7 Å². The third-order valence-corrected chi connectivity index (χ3v) is 3.04. The summed E-state index contributed by atoms with van der Waals surface area (Å²) in [5.74, 6) is -0.193. The van der Waals surface area contributed by atoms with E-state index in [0.29, 0.717) is 6.29 Å². The quantitative estimate of drug-likeness (QED) is 0.466. The molecule has 1 atom stereocenters. The highest BCUT2D eigenvalue weighted by Crippen LogP contribution is 2.26. The molecule has 0 saturated heterocycles. The zero-order chi connectivity index (χ0) is 14.7. The lowest BCUT2D eigenvalue weighted by Gasteiger charge is -2.15. The molecule has 0 radical (unpaired) electrons. The summed E-state index contributed by atoms with van der Waals surface area (Å²) in [5.41, 5.74) is 0.219. The van der Waals surface area contributed by atoms with Gasteiger partial charge in [-0.05, 0) is 31.9 Å². The third kappa shape index (κ3) is 3.31. The normalized spacial score (nSPS) is 15.2. The molecule has 1 aliphatic carbocycles. The molecule has 0 spiro atoms. The number of anilines is 1. The lowest BCUT2D eigenvalue weighted by atomic mass is 10.1. The van der Waals surface area contributed by atoms with E-state index in [1.807, 2.05) is 0 Å². The van der Waals surface area contributed by atoms with Crippen LogP contribution in [0.4, 0.5) is 11.4 Å². The van der Waals surface area contributed by atoms with Crippen molar-refractivity contribution < 1.29 is 14.5 Å². The first-order valence-corrected chi connectivity index (χ1v) is 6.32. The molecule has 20 heavy (non-hydrogen) atoms. The molecule has 7 heteroatoms. The van der Waals surface area contributed by atoms with Crippen molar-refractivity contribution in [2.75, 3.05) is 5.32 Å². The summed E-state index contributed by atoms with van der Waals surface area (Å²) in [6.45, 7) is 1.63. The number of nitro groups is 1. The van der Waals surface area contributed by atoms with Crippen molar-refractivity contribution in [1.29, 1.82) is 0 Å². The fraction of sp³-hybridized carbons (Fsp3) is 0.385. The maximum absolute atomic E-state index is 11.8. The predicted molar refractivity (Wildman–Crippen MR) is 72.7 cm³/mol. The molecule has 1 aromatic rings. The molecule has 1 unspecified atom stereocenters. The summed E-state index contributed by atoms with van der Waals surface area (Å²) in [4.78, 5) is 32.8. The number of amides is 1. The zero-order valence-corrected chi connectivity index (χ0v) is 11.0. The Kier molecular flexibility index (Phi) is 3.97. The van der Waals surface area contributed by atoms with Crippen molar-refractivity contribution in [2.45, 2.75) is 31.8 Å². The van der Waals surface area contributed by atoms with Crippen LogP contribution < -0.4 is 10.6 Å². The number of nitro benzene ring substituents is 1. The molecule has 0 bridgehead atoms. The van der Waals surface area contributed by atoms with Gasteiger partial charge in [-0.25, -0.2) is 0 Å². The zero-order valence-electron chi connectivity index (χ0n) is 11.0. The summed E-state index contributed by atoms with van der Waals surface area (Å²) in [6.07, 6.45) is 2.50. The van der Waals surface area contributed by atoms with E-state index in [0.717, 1.165) is 12.8 Å². The molecule has 1 amide bonds. The number of carbonyl (C=O) groups is 2. The molecule has 1 fully saturated rings. The summed E-state index contributed by atoms with van der Waals surface area (Å²) in [7, 11) is 0. The van der Waals surface area contributed by atoms with Crippen LogP contribution in [-0.2, 0) is 4.79 Å². The summed E-state index contributed by atoms with van der Waals surface area (Å²) in [5, 5.41) is 16.6. The molecule has 106 valence electrons. The van der Waals surface area contributed by atoms with Gasteiger partial charge in [0.2, 0.25) is 5.91 Å². The van der Waals surface area contributed by atoms with E-state index in [1.54, 1.807) is 6.92 Å². The average molecular weight is 277 g/mol. The number of benzene rings is 1. The van der Waals surface area contributed by atoms with Gasteiger partial charge in [0.1, 0.15) is 18.0 Å². The Morgan fingerprint density at radius 2 is 2.20 bits per heavy atom. The number of nitrogens with one attached hydrogen (secondary N) is 2. The van der Waals surface area contributed by atoms with Gasteiger partial charge in [0.25, 0.3) is 5.69 Å².